The molecule has 0 saturated heterocycles. The number of halogens is 1. The summed E-state index contributed by atoms with van der Waals surface area (Å²) in [6.45, 7) is 0. The Balaban J connectivity index is 1.41. The number of nitrogens with zero attached hydrogens (tertiary/aromatic N) is 3. The minimum atomic E-state index is -0.532. The maximum atomic E-state index is 13.7. The van der Waals surface area contributed by atoms with Crippen LogP contribution in [0, 0.1) is 23.1 Å². The molecule has 136 valence electrons. The predicted molar refractivity (Wildman–Crippen MR) is 101 cm³/mol. The molecule has 0 spiro atoms. The van der Waals surface area contributed by atoms with E-state index in [2.05, 4.69) is 9.97 Å². The van der Waals surface area contributed by atoms with Gasteiger partial charge in [-0.25, -0.2) is 14.4 Å². The summed E-state index contributed by atoms with van der Waals surface area (Å²) in [6, 6.07) is 6.29. The van der Waals surface area contributed by atoms with Gasteiger partial charge in [-0.2, -0.15) is 5.26 Å². The second-order valence-electron chi connectivity index (χ2n) is 7.32. The Hall–Kier alpha value is -2.28. The van der Waals surface area contributed by atoms with E-state index >= 15 is 0 Å². The Labute approximate surface area is 155 Å². The molecule has 26 heavy (non-hydrogen) atoms. The Morgan fingerprint density at radius 1 is 1.04 bits per heavy atom. The molecule has 2 aromatic rings. The van der Waals surface area contributed by atoms with Crippen LogP contribution in [-0.2, 0) is 6.42 Å². The topological polar surface area (TPSA) is 49.6 Å². The highest BCUT2D eigenvalue weighted by atomic mass is 19.1. The summed E-state index contributed by atoms with van der Waals surface area (Å²) in [7, 11) is 0. The van der Waals surface area contributed by atoms with Gasteiger partial charge in [0.05, 0.1) is 5.56 Å². The zero-order valence-corrected chi connectivity index (χ0v) is 15.3. The molecule has 1 aromatic carbocycles. The van der Waals surface area contributed by atoms with E-state index in [1.165, 1.54) is 69.9 Å². The van der Waals surface area contributed by atoms with E-state index in [4.69, 9.17) is 5.26 Å². The summed E-state index contributed by atoms with van der Waals surface area (Å²) in [5.41, 5.74) is 1.76. The van der Waals surface area contributed by atoms with Crippen molar-refractivity contribution in [3.8, 4) is 17.5 Å². The molecule has 1 aliphatic rings. The molecule has 1 aliphatic carbocycles. The van der Waals surface area contributed by atoms with Crippen LogP contribution >= 0.6 is 0 Å². The van der Waals surface area contributed by atoms with Gasteiger partial charge in [0.2, 0.25) is 0 Å². The fourth-order valence-electron chi connectivity index (χ4n) is 3.79. The van der Waals surface area contributed by atoms with Crippen molar-refractivity contribution in [3.63, 3.8) is 0 Å². The highest BCUT2D eigenvalue weighted by Gasteiger charge is 2.13. The first-order valence-electron chi connectivity index (χ1n) is 9.77. The van der Waals surface area contributed by atoms with E-state index in [0.29, 0.717) is 11.4 Å². The summed E-state index contributed by atoms with van der Waals surface area (Å²) < 4.78 is 13.7. The normalized spacial score (nSPS) is 14.5. The fraction of sp³-hybridized carbons (Fsp3) is 0.500. The number of nitriles is 1. The van der Waals surface area contributed by atoms with Gasteiger partial charge in [-0.3, -0.25) is 0 Å². The molecule has 3 nitrogen and oxygen atoms in total. The third-order valence-corrected chi connectivity index (χ3v) is 5.36. The lowest BCUT2D eigenvalue weighted by Gasteiger charge is -2.08. The lowest BCUT2D eigenvalue weighted by atomic mass is 9.99. The lowest BCUT2D eigenvalue weighted by Crippen LogP contribution is -1.95. The number of unbranched alkanes of at least 4 members (excludes halogenated alkanes) is 3. The third kappa shape index (κ3) is 5.11. The van der Waals surface area contributed by atoms with E-state index in [9.17, 15) is 4.39 Å². The molecule has 0 amide bonds. The first-order chi connectivity index (χ1) is 12.8. The Kier molecular flexibility index (Phi) is 6.71. The average Bonchev–Trinajstić information content (AvgIpc) is 3.18. The molecule has 0 unspecified atom stereocenters. The molecular weight excluding hydrogens is 325 g/mol. The Bertz CT molecular complexity index is 743. The maximum Gasteiger partial charge on any atom is 0.159 e. The van der Waals surface area contributed by atoms with Crippen LogP contribution in [0.4, 0.5) is 4.39 Å². The molecule has 0 aliphatic heterocycles. The Morgan fingerprint density at radius 2 is 1.77 bits per heavy atom. The van der Waals surface area contributed by atoms with Crippen LogP contribution in [0.3, 0.4) is 0 Å². The van der Waals surface area contributed by atoms with Gasteiger partial charge in [0.15, 0.2) is 5.82 Å². The molecule has 0 N–H and O–H groups in total. The molecular formula is C22H26FN3. The standard InChI is InChI=1S/C22H26FN3/c23-21-13-19(11-12-20(21)14-24)22-25-15-18(16-26-22)10-4-2-1-3-7-17-8-5-6-9-17/h11-13,15-17H,1-10H2. The van der Waals surface area contributed by atoms with Crippen molar-refractivity contribution in [1.29, 1.82) is 5.26 Å². The second kappa shape index (κ2) is 9.43. The number of benzene rings is 1. The van der Waals surface area contributed by atoms with Crippen molar-refractivity contribution in [2.45, 2.75) is 64.2 Å². The van der Waals surface area contributed by atoms with Gasteiger partial charge in [0.1, 0.15) is 11.9 Å². The number of aromatic nitrogens is 2. The molecule has 0 bridgehead atoms. The summed E-state index contributed by atoms with van der Waals surface area (Å²) in [4.78, 5) is 8.70. The monoisotopic (exact) mass is 351 g/mol. The largest absolute Gasteiger partial charge is 0.236 e. The lowest BCUT2D eigenvalue weighted by molar-refractivity contribution is 0.464. The van der Waals surface area contributed by atoms with Crippen molar-refractivity contribution in [2.24, 2.45) is 5.92 Å². The first kappa shape index (κ1) is 18.5. The molecule has 1 heterocycles. The number of hydrogen-bond acceptors (Lipinski definition) is 3. The second-order valence-corrected chi connectivity index (χ2v) is 7.32. The Morgan fingerprint density at radius 3 is 2.46 bits per heavy atom. The summed E-state index contributed by atoms with van der Waals surface area (Å²) in [6.07, 6.45) is 17.0. The van der Waals surface area contributed by atoms with E-state index in [-0.39, 0.29) is 5.56 Å². The van der Waals surface area contributed by atoms with Gasteiger partial charge in [-0.05, 0) is 42.5 Å². The molecule has 1 saturated carbocycles. The minimum Gasteiger partial charge on any atom is -0.236 e. The zero-order chi connectivity index (χ0) is 18.2. The summed E-state index contributed by atoms with van der Waals surface area (Å²) >= 11 is 0. The highest BCUT2D eigenvalue weighted by molar-refractivity contribution is 5.56. The van der Waals surface area contributed by atoms with Crippen LogP contribution in [0.2, 0.25) is 0 Å². The van der Waals surface area contributed by atoms with E-state index in [0.717, 1.165) is 17.9 Å². The average molecular weight is 351 g/mol. The van der Waals surface area contributed by atoms with Gasteiger partial charge >= 0.3 is 0 Å². The predicted octanol–water partition coefficient (Wildman–Crippen LogP) is 5.84. The van der Waals surface area contributed by atoms with Crippen LogP contribution in [0.25, 0.3) is 11.4 Å². The van der Waals surface area contributed by atoms with Crippen molar-refractivity contribution in [3.05, 3.63) is 47.5 Å². The smallest absolute Gasteiger partial charge is 0.159 e. The van der Waals surface area contributed by atoms with Gasteiger partial charge < -0.3 is 0 Å². The fourth-order valence-corrected chi connectivity index (χ4v) is 3.79. The molecule has 0 radical (unpaired) electrons. The number of hydrogen-bond donors (Lipinski definition) is 0. The summed E-state index contributed by atoms with van der Waals surface area (Å²) in [5, 5.41) is 8.79. The molecule has 4 heteroatoms. The minimum absolute atomic E-state index is 0.0401. The van der Waals surface area contributed by atoms with Gasteiger partial charge in [-0.15, -0.1) is 0 Å². The van der Waals surface area contributed by atoms with Gasteiger partial charge in [0.25, 0.3) is 0 Å². The number of rotatable bonds is 8. The van der Waals surface area contributed by atoms with Crippen LogP contribution in [0.5, 0.6) is 0 Å². The van der Waals surface area contributed by atoms with Crippen LogP contribution in [0.1, 0.15) is 68.9 Å². The van der Waals surface area contributed by atoms with Crippen LogP contribution in [-0.4, -0.2) is 9.97 Å². The molecule has 1 fully saturated rings. The van der Waals surface area contributed by atoms with Crippen molar-refractivity contribution >= 4 is 0 Å². The quantitative estimate of drug-likeness (QED) is 0.562. The van der Waals surface area contributed by atoms with Gasteiger partial charge in [0, 0.05) is 18.0 Å². The van der Waals surface area contributed by atoms with Crippen LogP contribution in [0.15, 0.2) is 30.6 Å². The summed E-state index contributed by atoms with van der Waals surface area (Å²) in [5.74, 6) is 0.965. The van der Waals surface area contributed by atoms with E-state index in [1.807, 2.05) is 18.5 Å². The van der Waals surface area contributed by atoms with Crippen molar-refractivity contribution < 1.29 is 4.39 Å². The molecule has 0 atom stereocenters. The highest BCUT2D eigenvalue weighted by Crippen LogP contribution is 2.29. The molecule has 3 rings (SSSR count). The number of aryl methyl sites for hydroxylation is 1. The SMILES string of the molecule is N#Cc1ccc(-c2ncc(CCCCCCC3CCCC3)cn2)cc1F. The molecule has 1 aromatic heterocycles. The van der Waals surface area contributed by atoms with Crippen molar-refractivity contribution in [1.82, 2.24) is 9.97 Å². The van der Waals surface area contributed by atoms with Crippen LogP contribution < -0.4 is 0 Å². The van der Waals surface area contributed by atoms with Crippen molar-refractivity contribution in [2.75, 3.05) is 0 Å². The zero-order valence-electron chi connectivity index (χ0n) is 15.3. The first-order valence-corrected chi connectivity index (χ1v) is 9.77. The van der Waals surface area contributed by atoms with E-state index in [1.54, 1.807) is 6.07 Å². The third-order valence-electron chi connectivity index (χ3n) is 5.36. The van der Waals surface area contributed by atoms with E-state index < -0.39 is 5.82 Å². The van der Waals surface area contributed by atoms with Gasteiger partial charge in [-0.1, -0.05) is 51.4 Å². The maximum absolute atomic E-state index is 13.7.